The smallest absolute Gasteiger partial charge is 0.305 e. The van der Waals surface area contributed by atoms with Crippen LogP contribution in [0.4, 0.5) is 5.69 Å². The zero-order chi connectivity index (χ0) is 19.1. The number of nitro groups is 1. The molecule has 7 heteroatoms. The summed E-state index contributed by atoms with van der Waals surface area (Å²) in [6.45, 7) is 4.72. The molecule has 2 aromatic rings. The second-order valence-corrected chi connectivity index (χ2v) is 5.83. The van der Waals surface area contributed by atoms with Gasteiger partial charge in [0, 0.05) is 48.6 Å². The fourth-order valence-corrected chi connectivity index (χ4v) is 2.70. The number of esters is 1. The number of aromatic nitrogens is 1. The summed E-state index contributed by atoms with van der Waals surface area (Å²) in [5, 5.41) is 10.7. The molecule has 0 radical (unpaired) electrons. The Hall–Kier alpha value is -2.96. The summed E-state index contributed by atoms with van der Waals surface area (Å²) in [4.78, 5) is 34.4. The number of nitrogens with zero attached hydrogens (tertiary/aromatic N) is 2. The van der Waals surface area contributed by atoms with E-state index in [1.165, 1.54) is 24.3 Å². The van der Waals surface area contributed by atoms with E-state index in [1.54, 1.807) is 13.1 Å². The number of hydrogen-bond acceptors (Lipinski definition) is 5. The average molecular weight is 358 g/mol. The fourth-order valence-electron chi connectivity index (χ4n) is 2.70. The van der Waals surface area contributed by atoms with Gasteiger partial charge in [0.1, 0.15) is 0 Å². The van der Waals surface area contributed by atoms with Crippen molar-refractivity contribution in [3.05, 3.63) is 63.5 Å². The molecule has 2 rings (SSSR count). The first kappa shape index (κ1) is 19.4. The van der Waals surface area contributed by atoms with Gasteiger partial charge in [0.15, 0.2) is 5.78 Å². The van der Waals surface area contributed by atoms with E-state index >= 15 is 0 Å². The van der Waals surface area contributed by atoms with Gasteiger partial charge in [-0.05, 0) is 37.5 Å². The number of ether oxygens (including phenoxy) is 1. The molecule has 26 heavy (non-hydrogen) atoms. The van der Waals surface area contributed by atoms with Crippen molar-refractivity contribution in [1.82, 2.24) is 4.57 Å². The van der Waals surface area contributed by atoms with Crippen LogP contribution in [0, 0.1) is 10.1 Å². The maximum absolute atomic E-state index is 12.7. The first-order chi connectivity index (χ1) is 12.5. The highest BCUT2D eigenvalue weighted by molar-refractivity contribution is 6.10. The first-order valence-electron chi connectivity index (χ1n) is 8.59. The van der Waals surface area contributed by atoms with Crippen molar-refractivity contribution in [3.63, 3.8) is 0 Å². The highest BCUT2D eigenvalue weighted by Gasteiger charge is 2.17. The van der Waals surface area contributed by atoms with Gasteiger partial charge in [-0.3, -0.25) is 19.7 Å². The van der Waals surface area contributed by atoms with Gasteiger partial charge >= 0.3 is 5.97 Å². The number of aryl methyl sites for hydroxylation is 2. The monoisotopic (exact) mass is 358 g/mol. The van der Waals surface area contributed by atoms with Crippen molar-refractivity contribution in [2.75, 3.05) is 6.61 Å². The second-order valence-electron chi connectivity index (χ2n) is 5.83. The van der Waals surface area contributed by atoms with E-state index in [2.05, 4.69) is 0 Å². The number of rotatable bonds is 9. The number of carbonyl (C=O) groups excluding carboxylic acids is 2. The molecule has 1 heterocycles. The van der Waals surface area contributed by atoms with Crippen LogP contribution >= 0.6 is 0 Å². The maximum atomic E-state index is 12.7. The lowest BCUT2D eigenvalue weighted by molar-refractivity contribution is -0.384. The summed E-state index contributed by atoms with van der Waals surface area (Å²) >= 11 is 0. The predicted octanol–water partition coefficient (Wildman–Crippen LogP) is 3.53. The van der Waals surface area contributed by atoms with Crippen LogP contribution in [-0.2, 0) is 22.5 Å². The van der Waals surface area contributed by atoms with E-state index in [4.69, 9.17) is 4.74 Å². The molecule has 138 valence electrons. The number of carbonyl (C=O) groups is 2. The molecule has 0 saturated heterocycles. The molecule has 0 unspecified atom stereocenters. The molecule has 0 bridgehead atoms. The largest absolute Gasteiger partial charge is 0.466 e. The van der Waals surface area contributed by atoms with Crippen molar-refractivity contribution >= 4 is 17.4 Å². The molecule has 0 aliphatic carbocycles. The third-order valence-electron chi connectivity index (χ3n) is 4.03. The van der Waals surface area contributed by atoms with Crippen LogP contribution < -0.4 is 0 Å². The normalized spacial score (nSPS) is 10.5. The Morgan fingerprint density at radius 2 is 1.85 bits per heavy atom. The summed E-state index contributed by atoms with van der Waals surface area (Å²) in [5.41, 5.74) is 1.85. The standard InChI is InChI=1S/C19H22N2O5/c1-3-14-12-20(11-5-6-18(22)26-4-2)13-17(14)19(23)15-7-9-16(10-8-15)21(24)25/h7-10,12-13H,3-6,11H2,1-2H3. The second kappa shape index (κ2) is 8.94. The minimum Gasteiger partial charge on any atom is -0.466 e. The van der Waals surface area contributed by atoms with Gasteiger partial charge in [0.05, 0.1) is 11.5 Å². The highest BCUT2D eigenvalue weighted by atomic mass is 16.6. The highest BCUT2D eigenvalue weighted by Crippen LogP contribution is 2.19. The molecule has 0 spiro atoms. The van der Waals surface area contributed by atoms with Crippen LogP contribution in [-0.4, -0.2) is 27.8 Å². The minimum absolute atomic E-state index is 0.0474. The van der Waals surface area contributed by atoms with Gasteiger partial charge in [0.25, 0.3) is 5.69 Å². The van der Waals surface area contributed by atoms with E-state index in [0.717, 1.165) is 5.56 Å². The summed E-state index contributed by atoms with van der Waals surface area (Å²) in [6.07, 6.45) is 5.33. The molecule has 0 atom stereocenters. The lowest BCUT2D eigenvalue weighted by atomic mass is 10.0. The first-order valence-corrected chi connectivity index (χ1v) is 8.59. The minimum atomic E-state index is -0.494. The Morgan fingerprint density at radius 1 is 1.15 bits per heavy atom. The Balaban J connectivity index is 2.10. The Morgan fingerprint density at radius 3 is 2.42 bits per heavy atom. The molecular weight excluding hydrogens is 336 g/mol. The van der Waals surface area contributed by atoms with E-state index in [1.807, 2.05) is 17.7 Å². The molecule has 0 saturated carbocycles. The molecule has 0 aliphatic rings. The topological polar surface area (TPSA) is 91.4 Å². The Bertz CT molecular complexity index is 793. The van der Waals surface area contributed by atoms with E-state index in [9.17, 15) is 19.7 Å². The molecule has 1 aromatic heterocycles. The van der Waals surface area contributed by atoms with Crippen LogP contribution in [0.1, 0.15) is 48.2 Å². The molecule has 0 amide bonds. The summed E-state index contributed by atoms with van der Waals surface area (Å²) in [7, 11) is 0. The van der Waals surface area contributed by atoms with E-state index in [0.29, 0.717) is 43.5 Å². The average Bonchev–Trinajstić information content (AvgIpc) is 3.04. The zero-order valence-corrected chi connectivity index (χ0v) is 14.9. The van der Waals surface area contributed by atoms with Gasteiger partial charge in [-0.25, -0.2) is 0 Å². The van der Waals surface area contributed by atoms with E-state index < -0.39 is 4.92 Å². The molecule has 1 aromatic carbocycles. The zero-order valence-electron chi connectivity index (χ0n) is 14.9. The molecule has 0 N–H and O–H groups in total. The maximum Gasteiger partial charge on any atom is 0.305 e. The van der Waals surface area contributed by atoms with Crippen molar-refractivity contribution in [3.8, 4) is 0 Å². The third kappa shape index (κ3) is 4.78. The number of non-ortho nitro benzene ring substituents is 1. The lowest BCUT2D eigenvalue weighted by Gasteiger charge is -2.03. The number of nitro benzene ring substituents is 1. The summed E-state index contributed by atoms with van der Waals surface area (Å²) < 4.78 is 6.80. The fraction of sp³-hybridized carbons (Fsp3) is 0.368. The van der Waals surface area contributed by atoms with Crippen LogP contribution in [0.5, 0.6) is 0 Å². The third-order valence-corrected chi connectivity index (χ3v) is 4.03. The molecule has 7 nitrogen and oxygen atoms in total. The van der Waals surface area contributed by atoms with Gasteiger partial charge in [-0.2, -0.15) is 0 Å². The number of ketones is 1. The summed E-state index contributed by atoms with van der Waals surface area (Å²) in [5.74, 6) is -0.390. The summed E-state index contributed by atoms with van der Waals surface area (Å²) in [6, 6.07) is 5.60. The van der Waals surface area contributed by atoms with Crippen LogP contribution in [0.3, 0.4) is 0 Å². The van der Waals surface area contributed by atoms with Crippen molar-refractivity contribution in [1.29, 1.82) is 0 Å². The van der Waals surface area contributed by atoms with Crippen LogP contribution in [0.25, 0.3) is 0 Å². The predicted molar refractivity (Wildman–Crippen MR) is 96.2 cm³/mol. The van der Waals surface area contributed by atoms with E-state index in [-0.39, 0.29) is 17.4 Å². The SMILES string of the molecule is CCOC(=O)CCCn1cc(CC)c(C(=O)c2ccc([N+](=O)[O-])cc2)c1. The van der Waals surface area contributed by atoms with Crippen molar-refractivity contribution in [2.45, 2.75) is 39.7 Å². The number of benzene rings is 1. The van der Waals surface area contributed by atoms with Gasteiger partial charge < -0.3 is 9.30 Å². The Labute approximate surface area is 151 Å². The Kier molecular flexibility index (Phi) is 6.66. The quantitative estimate of drug-likeness (QED) is 0.296. The van der Waals surface area contributed by atoms with Gasteiger partial charge in [-0.15, -0.1) is 0 Å². The van der Waals surface area contributed by atoms with Gasteiger partial charge in [-0.1, -0.05) is 6.92 Å². The van der Waals surface area contributed by atoms with Crippen molar-refractivity contribution < 1.29 is 19.2 Å². The van der Waals surface area contributed by atoms with Crippen molar-refractivity contribution in [2.24, 2.45) is 0 Å². The lowest BCUT2D eigenvalue weighted by Crippen LogP contribution is -2.06. The van der Waals surface area contributed by atoms with Gasteiger partial charge in [0.2, 0.25) is 0 Å². The number of hydrogen-bond donors (Lipinski definition) is 0. The molecular formula is C19H22N2O5. The van der Waals surface area contributed by atoms with Crippen LogP contribution in [0.15, 0.2) is 36.7 Å². The van der Waals surface area contributed by atoms with Crippen LogP contribution in [0.2, 0.25) is 0 Å². The molecule has 0 aliphatic heterocycles. The molecule has 0 fully saturated rings.